The number of hydrogen-bond acceptors (Lipinski definition) is 4. The molecule has 1 aliphatic carbocycles. The van der Waals surface area contributed by atoms with Crippen LogP contribution in [0.5, 0.6) is 0 Å². The van der Waals surface area contributed by atoms with Gasteiger partial charge in [0.15, 0.2) is 0 Å². The van der Waals surface area contributed by atoms with E-state index in [1.54, 1.807) is 0 Å². The second-order valence-corrected chi connectivity index (χ2v) is 6.89. The van der Waals surface area contributed by atoms with Gasteiger partial charge < -0.3 is 5.11 Å². The molecule has 7 heteroatoms. The van der Waals surface area contributed by atoms with Crippen LogP contribution in [0.2, 0.25) is 5.02 Å². The van der Waals surface area contributed by atoms with Gasteiger partial charge in [0.2, 0.25) is 10.0 Å². The van der Waals surface area contributed by atoms with Crippen LogP contribution in [0.15, 0.2) is 23.1 Å². The molecule has 0 aliphatic heterocycles. The van der Waals surface area contributed by atoms with Crippen molar-refractivity contribution < 1.29 is 13.5 Å². The van der Waals surface area contributed by atoms with Crippen LogP contribution in [0, 0.1) is 17.2 Å². The highest BCUT2D eigenvalue weighted by atomic mass is 35.5. The van der Waals surface area contributed by atoms with Gasteiger partial charge in [-0.25, -0.2) is 13.1 Å². The minimum atomic E-state index is -3.82. The molecule has 0 heterocycles. The highest BCUT2D eigenvalue weighted by Crippen LogP contribution is 2.35. The number of rotatable bonds is 6. The van der Waals surface area contributed by atoms with Crippen LogP contribution in [-0.4, -0.2) is 26.2 Å². The molecule has 1 fully saturated rings. The fourth-order valence-electron chi connectivity index (χ4n) is 2.13. The third-order valence-corrected chi connectivity index (χ3v) is 5.16. The molecular weight excluding hydrogens is 300 g/mol. The summed E-state index contributed by atoms with van der Waals surface area (Å²) in [6.07, 6.45) is 2.27. The predicted octanol–water partition coefficient (Wildman–Crippen LogP) is 1.65. The average molecular weight is 315 g/mol. The Kier molecular flexibility index (Phi) is 4.66. The third-order valence-electron chi connectivity index (χ3n) is 3.31. The average Bonchev–Trinajstić information content (AvgIpc) is 3.22. The van der Waals surface area contributed by atoms with E-state index in [2.05, 4.69) is 4.72 Å². The molecule has 1 unspecified atom stereocenters. The van der Waals surface area contributed by atoms with Crippen molar-refractivity contribution in [3.05, 3.63) is 28.8 Å². The maximum absolute atomic E-state index is 12.4. The van der Waals surface area contributed by atoms with Gasteiger partial charge in [0.25, 0.3) is 0 Å². The van der Waals surface area contributed by atoms with Crippen LogP contribution in [-0.2, 0) is 10.0 Å². The lowest BCUT2D eigenvalue weighted by molar-refractivity contribution is 0.265. The van der Waals surface area contributed by atoms with Crippen molar-refractivity contribution in [1.29, 1.82) is 5.26 Å². The van der Waals surface area contributed by atoms with Crippen molar-refractivity contribution in [1.82, 2.24) is 4.72 Å². The monoisotopic (exact) mass is 314 g/mol. The van der Waals surface area contributed by atoms with Crippen molar-refractivity contribution in [2.75, 3.05) is 6.61 Å². The molecule has 0 bridgehead atoms. The van der Waals surface area contributed by atoms with Gasteiger partial charge in [0.05, 0.1) is 10.6 Å². The Morgan fingerprint density at radius 3 is 2.75 bits per heavy atom. The van der Waals surface area contributed by atoms with E-state index in [9.17, 15) is 8.42 Å². The molecule has 0 radical (unpaired) electrons. The van der Waals surface area contributed by atoms with Gasteiger partial charge in [-0.2, -0.15) is 5.26 Å². The van der Waals surface area contributed by atoms with E-state index in [1.807, 2.05) is 6.07 Å². The molecule has 0 aromatic heterocycles. The Morgan fingerprint density at radius 2 is 2.20 bits per heavy atom. The molecule has 2 N–H and O–H groups in total. The van der Waals surface area contributed by atoms with Crippen molar-refractivity contribution in [3.63, 3.8) is 0 Å². The minimum Gasteiger partial charge on any atom is -0.396 e. The van der Waals surface area contributed by atoms with Crippen LogP contribution in [0.4, 0.5) is 0 Å². The summed E-state index contributed by atoms with van der Waals surface area (Å²) in [6.45, 7) is -0.0790. The van der Waals surface area contributed by atoms with E-state index in [0.717, 1.165) is 12.8 Å². The Morgan fingerprint density at radius 1 is 1.50 bits per heavy atom. The smallest absolute Gasteiger partial charge is 0.242 e. The SMILES string of the molecule is N#Cc1c(Cl)cccc1S(=O)(=O)NC(CCO)C1CC1. The Labute approximate surface area is 123 Å². The van der Waals surface area contributed by atoms with Gasteiger partial charge in [0.1, 0.15) is 11.0 Å². The van der Waals surface area contributed by atoms with E-state index in [1.165, 1.54) is 18.2 Å². The summed E-state index contributed by atoms with van der Waals surface area (Å²) in [6, 6.07) is 5.85. The van der Waals surface area contributed by atoms with Crippen molar-refractivity contribution in [3.8, 4) is 6.07 Å². The zero-order valence-electron chi connectivity index (χ0n) is 10.7. The van der Waals surface area contributed by atoms with Crippen LogP contribution in [0.3, 0.4) is 0 Å². The first-order valence-corrected chi connectivity index (χ1v) is 8.17. The second kappa shape index (κ2) is 6.10. The van der Waals surface area contributed by atoms with Crippen LogP contribution in [0.1, 0.15) is 24.8 Å². The van der Waals surface area contributed by atoms with Crippen LogP contribution >= 0.6 is 11.6 Å². The van der Waals surface area contributed by atoms with Crippen molar-refractivity contribution in [2.45, 2.75) is 30.2 Å². The molecular formula is C13H15ClN2O3S. The number of aliphatic hydroxyl groups excluding tert-OH is 1. The number of nitriles is 1. The van der Waals surface area contributed by atoms with E-state index in [4.69, 9.17) is 22.0 Å². The largest absolute Gasteiger partial charge is 0.396 e. The summed E-state index contributed by atoms with van der Waals surface area (Å²) in [4.78, 5) is -0.115. The number of nitrogens with zero attached hydrogens (tertiary/aromatic N) is 1. The molecule has 1 saturated carbocycles. The minimum absolute atomic E-state index is 0.0554. The third kappa shape index (κ3) is 3.30. The molecule has 1 aromatic rings. The normalized spacial score (nSPS) is 16.6. The number of sulfonamides is 1. The molecule has 5 nitrogen and oxygen atoms in total. The van der Waals surface area contributed by atoms with Gasteiger partial charge in [0, 0.05) is 12.6 Å². The Balaban J connectivity index is 2.31. The van der Waals surface area contributed by atoms with Gasteiger partial charge in [-0.1, -0.05) is 17.7 Å². The lowest BCUT2D eigenvalue weighted by atomic mass is 10.1. The summed E-state index contributed by atoms with van der Waals surface area (Å²) in [5.41, 5.74) is -0.0554. The molecule has 0 spiro atoms. The van der Waals surface area contributed by atoms with E-state index in [0.29, 0.717) is 6.42 Å². The molecule has 20 heavy (non-hydrogen) atoms. The number of nitrogens with one attached hydrogen (secondary N) is 1. The molecule has 108 valence electrons. The summed E-state index contributed by atoms with van der Waals surface area (Å²) in [5, 5.41) is 18.2. The summed E-state index contributed by atoms with van der Waals surface area (Å²) >= 11 is 5.85. The number of benzene rings is 1. The molecule has 1 aliphatic rings. The molecule has 1 atom stereocenters. The zero-order chi connectivity index (χ0) is 14.8. The first kappa shape index (κ1) is 15.3. The molecule has 1 aromatic carbocycles. The molecule has 0 amide bonds. The highest BCUT2D eigenvalue weighted by molar-refractivity contribution is 7.89. The summed E-state index contributed by atoms with van der Waals surface area (Å²) < 4.78 is 27.3. The van der Waals surface area contributed by atoms with E-state index in [-0.39, 0.29) is 34.0 Å². The topological polar surface area (TPSA) is 90.2 Å². The first-order chi connectivity index (χ1) is 9.49. The Hall–Kier alpha value is -1.13. The Bertz CT molecular complexity index is 636. The molecule has 2 rings (SSSR count). The number of hydrogen-bond donors (Lipinski definition) is 2. The lowest BCUT2D eigenvalue weighted by Gasteiger charge is -2.18. The fraction of sp³-hybridized carbons (Fsp3) is 0.462. The fourth-order valence-corrected chi connectivity index (χ4v) is 3.92. The van der Waals surface area contributed by atoms with Gasteiger partial charge in [-0.05, 0) is 37.3 Å². The van der Waals surface area contributed by atoms with Crippen molar-refractivity contribution in [2.24, 2.45) is 5.92 Å². The standard InChI is InChI=1S/C13H15ClN2O3S/c14-11-2-1-3-13(10(11)8-15)20(18,19)16-12(6-7-17)9-4-5-9/h1-3,9,12,16-17H,4-7H2. The van der Waals surface area contributed by atoms with Gasteiger partial charge in [-0.15, -0.1) is 0 Å². The van der Waals surface area contributed by atoms with Gasteiger partial charge in [-0.3, -0.25) is 0 Å². The summed E-state index contributed by atoms with van der Waals surface area (Å²) in [5.74, 6) is 0.265. The lowest BCUT2D eigenvalue weighted by Crippen LogP contribution is -2.37. The molecule has 0 saturated heterocycles. The zero-order valence-corrected chi connectivity index (χ0v) is 12.3. The highest BCUT2D eigenvalue weighted by Gasteiger charge is 2.34. The van der Waals surface area contributed by atoms with Gasteiger partial charge >= 0.3 is 0 Å². The number of aliphatic hydroxyl groups is 1. The summed E-state index contributed by atoms with van der Waals surface area (Å²) in [7, 11) is -3.82. The second-order valence-electron chi connectivity index (χ2n) is 4.80. The predicted molar refractivity (Wildman–Crippen MR) is 74.7 cm³/mol. The first-order valence-electron chi connectivity index (χ1n) is 6.31. The van der Waals surface area contributed by atoms with E-state index < -0.39 is 10.0 Å². The quantitative estimate of drug-likeness (QED) is 0.835. The maximum Gasteiger partial charge on any atom is 0.242 e. The number of halogens is 1. The van der Waals surface area contributed by atoms with Crippen LogP contribution in [0.25, 0.3) is 0 Å². The van der Waals surface area contributed by atoms with Crippen LogP contribution < -0.4 is 4.72 Å². The maximum atomic E-state index is 12.4. The van der Waals surface area contributed by atoms with E-state index >= 15 is 0 Å². The van der Waals surface area contributed by atoms with Crippen molar-refractivity contribution >= 4 is 21.6 Å².